The molecule has 4 aromatic rings. The molecule has 29 heavy (non-hydrogen) atoms. The molecular weight excluding hydrogens is 430 g/mol. The summed E-state index contributed by atoms with van der Waals surface area (Å²) >= 11 is 3.57. The highest BCUT2D eigenvalue weighted by Gasteiger charge is 2.18. The molecule has 0 aliphatic heterocycles. The number of carboxylic acids is 1. The Balaban J connectivity index is 1.76. The van der Waals surface area contributed by atoms with Crippen LogP contribution < -0.4 is 4.74 Å². The smallest absolute Gasteiger partial charge is 0.354 e. The number of carbonyl (C=O) groups is 1. The Morgan fingerprint density at radius 3 is 2.24 bits per heavy atom. The summed E-state index contributed by atoms with van der Waals surface area (Å²) in [5.41, 5.74) is 3.30. The summed E-state index contributed by atoms with van der Waals surface area (Å²) < 4.78 is 6.82. The first-order chi connectivity index (χ1) is 14.1. The van der Waals surface area contributed by atoms with Gasteiger partial charge in [-0.1, -0.05) is 76.6 Å². The lowest BCUT2D eigenvalue weighted by Gasteiger charge is -2.13. The van der Waals surface area contributed by atoms with Gasteiger partial charge in [0.15, 0.2) is 5.69 Å². The molecule has 0 amide bonds. The number of aromatic nitrogens is 1. The third-order valence-corrected chi connectivity index (χ3v) is 5.34. The summed E-state index contributed by atoms with van der Waals surface area (Å²) in [6.45, 7) is 0.382. The molecule has 0 atom stereocenters. The van der Waals surface area contributed by atoms with E-state index in [1.165, 1.54) is 0 Å². The van der Waals surface area contributed by atoms with Crippen LogP contribution in [0.15, 0.2) is 83.3 Å². The molecule has 3 aromatic carbocycles. The fourth-order valence-corrected chi connectivity index (χ4v) is 3.66. The lowest BCUT2D eigenvalue weighted by Crippen LogP contribution is -2.08. The molecule has 1 N–H and O–H groups in total. The van der Waals surface area contributed by atoms with E-state index in [0.717, 1.165) is 21.0 Å². The molecule has 1 heterocycles. The Labute approximate surface area is 176 Å². The predicted molar refractivity (Wildman–Crippen MR) is 116 cm³/mol. The van der Waals surface area contributed by atoms with Gasteiger partial charge in [-0.25, -0.2) is 9.78 Å². The second kappa shape index (κ2) is 8.45. The van der Waals surface area contributed by atoms with E-state index >= 15 is 0 Å². The van der Waals surface area contributed by atoms with Crippen molar-refractivity contribution in [2.45, 2.75) is 13.0 Å². The standard InChI is InChI=1S/C24H18BrNO3/c25-20-11-12-21(29-15-17-9-5-2-6-10-17)23-19(20)14-18(22(26-23)24(27)28)13-16-7-3-1-4-8-16/h1-12,14H,13,15H2,(H,27,28). The Morgan fingerprint density at radius 1 is 0.931 bits per heavy atom. The molecule has 0 aliphatic carbocycles. The van der Waals surface area contributed by atoms with Crippen LogP contribution in [-0.4, -0.2) is 16.1 Å². The van der Waals surface area contributed by atoms with E-state index in [2.05, 4.69) is 20.9 Å². The van der Waals surface area contributed by atoms with Gasteiger partial charge in [-0.05, 0) is 41.3 Å². The van der Waals surface area contributed by atoms with Crippen molar-refractivity contribution in [2.75, 3.05) is 0 Å². The van der Waals surface area contributed by atoms with Crippen LogP contribution >= 0.6 is 15.9 Å². The highest BCUT2D eigenvalue weighted by Crippen LogP contribution is 2.33. The van der Waals surface area contributed by atoms with Gasteiger partial charge in [0.25, 0.3) is 0 Å². The number of benzene rings is 3. The van der Waals surface area contributed by atoms with Crippen LogP contribution in [0.25, 0.3) is 10.9 Å². The molecule has 0 bridgehead atoms. The molecule has 1 aromatic heterocycles. The number of nitrogens with zero attached hydrogens (tertiary/aromatic N) is 1. The summed E-state index contributed by atoms with van der Waals surface area (Å²) in [5, 5.41) is 10.6. The highest BCUT2D eigenvalue weighted by molar-refractivity contribution is 9.10. The number of ether oxygens (including phenoxy) is 1. The monoisotopic (exact) mass is 447 g/mol. The minimum absolute atomic E-state index is 0.0454. The van der Waals surface area contributed by atoms with Gasteiger partial charge in [0.1, 0.15) is 17.9 Å². The number of carboxylic acid groups (broad SMARTS) is 1. The van der Waals surface area contributed by atoms with Gasteiger partial charge in [-0.2, -0.15) is 0 Å². The van der Waals surface area contributed by atoms with E-state index in [1.54, 1.807) is 0 Å². The molecule has 0 spiro atoms. The van der Waals surface area contributed by atoms with Crippen molar-refractivity contribution < 1.29 is 14.6 Å². The van der Waals surface area contributed by atoms with Gasteiger partial charge < -0.3 is 9.84 Å². The SMILES string of the molecule is O=C(O)c1nc2c(OCc3ccccc3)ccc(Br)c2cc1Cc1ccccc1. The normalized spacial score (nSPS) is 10.8. The van der Waals surface area contributed by atoms with Crippen molar-refractivity contribution in [1.29, 1.82) is 0 Å². The second-order valence-corrected chi connectivity index (χ2v) is 7.53. The highest BCUT2D eigenvalue weighted by atomic mass is 79.9. The molecule has 4 rings (SSSR count). The maximum atomic E-state index is 11.9. The van der Waals surface area contributed by atoms with Gasteiger partial charge in [-0.3, -0.25) is 0 Å². The van der Waals surface area contributed by atoms with Crippen LogP contribution in [0.1, 0.15) is 27.2 Å². The maximum Gasteiger partial charge on any atom is 0.354 e. The third kappa shape index (κ3) is 4.30. The van der Waals surface area contributed by atoms with Crippen LogP contribution in [0.4, 0.5) is 0 Å². The van der Waals surface area contributed by atoms with Crippen molar-refractivity contribution >= 4 is 32.8 Å². The lowest BCUT2D eigenvalue weighted by molar-refractivity contribution is 0.0690. The second-order valence-electron chi connectivity index (χ2n) is 6.68. The predicted octanol–water partition coefficient (Wildman–Crippen LogP) is 5.87. The first-order valence-corrected chi connectivity index (χ1v) is 9.97. The van der Waals surface area contributed by atoms with Gasteiger partial charge >= 0.3 is 5.97 Å². The summed E-state index contributed by atoms with van der Waals surface area (Å²) in [6.07, 6.45) is 0.493. The summed E-state index contributed by atoms with van der Waals surface area (Å²) in [7, 11) is 0. The van der Waals surface area contributed by atoms with Crippen LogP contribution in [0.2, 0.25) is 0 Å². The van der Waals surface area contributed by atoms with E-state index < -0.39 is 5.97 Å². The average Bonchev–Trinajstić information content (AvgIpc) is 2.74. The summed E-state index contributed by atoms with van der Waals surface area (Å²) in [6, 6.07) is 25.2. The Bertz CT molecular complexity index is 1160. The summed E-state index contributed by atoms with van der Waals surface area (Å²) in [4.78, 5) is 16.4. The van der Waals surface area contributed by atoms with Gasteiger partial charge in [0.2, 0.25) is 0 Å². The summed E-state index contributed by atoms with van der Waals surface area (Å²) in [5.74, 6) is -0.493. The fourth-order valence-electron chi connectivity index (χ4n) is 3.23. The van der Waals surface area contributed by atoms with Crippen molar-refractivity contribution in [3.8, 4) is 5.75 Å². The van der Waals surface area contributed by atoms with Crippen molar-refractivity contribution in [1.82, 2.24) is 4.98 Å². The average molecular weight is 448 g/mol. The van der Waals surface area contributed by atoms with Crippen LogP contribution in [0.3, 0.4) is 0 Å². The zero-order chi connectivity index (χ0) is 20.2. The fraction of sp³-hybridized carbons (Fsp3) is 0.0833. The first-order valence-electron chi connectivity index (χ1n) is 9.18. The molecular formula is C24H18BrNO3. The molecule has 0 fully saturated rings. The van der Waals surface area contributed by atoms with Gasteiger partial charge in [0, 0.05) is 9.86 Å². The largest absolute Gasteiger partial charge is 0.487 e. The number of hydrogen-bond acceptors (Lipinski definition) is 3. The van der Waals surface area contributed by atoms with E-state index in [-0.39, 0.29) is 5.69 Å². The number of hydrogen-bond donors (Lipinski definition) is 1. The first kappa shape index (κ1) is 19.2. The van der Waals surface area contributed by atoms with Crippen molar-refractivity contribution in [2.24, 2.45) is 0 Å². The molecule has 144 valence electrons. The molecule has 4 nitrogen and oxygen atoms in total. The molecule has 0 unspecified atom stereocenters. The van der Waals surface area contributed by atoms with Gasteiger partial charge in [0.05, 0.1) is 0 Å². The zero-order valence-electron chi connectivity index (χ0n) is 15.5. The Kier molecular flexibility index (Phi) is 5.58. The van der Waals surface area contributed by atoms with E-state index in [4.69, 9.17) is 4.74 Å². The van der Waals surface area contributed by atoms with E-state index in [9.17, 15) is 9.90 Å². The van der Waals surface area contributed by atoms with Crippen LogP contribution in [-0.2, 0) is 13.0 Å². The van der Waals surface area contributed by atoms with E-state index in [1.807, 2.05) is 78.9 Å². The Hall–Kier alpha value is -3.18. The van der Waals surface area contributed by atoms with Crippen molar-refractivity contribution in [3.63, 3.8) is 0 Å². The third-order valence-electron chi connectivity index (χ3n) is 4.65. The molecule has 0 saturated heterocycles. The molecule has 5 heteroatoms. The zero-order valence-corrected chi connectivity index (χ0v) is 17.1. The minimum Gasteiger partial charge on any atom is -0.487 e. The van der Waals surface area contributed by atoms with Crippen LogP contribution in [0, 0.1) is 0 Å². The number of rotatable bonds is 6. The number of aromatic carboxylic acids is 1. The quantitative estimate of drug-likeness (QED) is 0.401. The van der Waals surface area contributed by atoms with E-state index in [0.29, 0.717) is 29.9 Å². The number of fused-ring (bicyclic) bond motifs is 1. The lowest BCUT2D eigenvalue weighted by atomic mass is 10.0. The van der Waals surface area contributed by atoms with Gasteiger partial charge in [-0.15, -0.1) is 0 Å². The maximum absolute atomic E-state index is 11.9. The van der Waals surface area contributed by atoms with Crippen molar-refractivity contribution in [3.05, 3.63) is 106 Å². The molecule has 0 saturated carbocycles. The number of pyridine rings is 1. The molecule has 0 radical (unpaired) electrons. The topological polar surface area (TPSA) is 59.4 Å². The number of halogens is 1. The Morgan fingerprint density at radius 2 is 1.59 bits per heavy atom. The minimum atomic E-state index is -1.05. The molecule has 0 aliphatic rings. The van der Waals surface area contributed by atoms with Crippen LogP contribution in [0.5, 0.6) is 5.75 Å².